The first kappa shape index (κ1) is 48.8. The number of unbranched alkanes of at least 4 members (excludes halogenated alkanes) is 18. The Bertz CT molecular complexity index is 458. The summed E-state index contributed by atoms with van der Waals surface area (Å²) in [5.41, 5.74) is 0. The molecule has 2 N–H and O–H groups in total. The van der Waals surface area contributed by atoms with Crippen molar-refractivity contribution in [2.45, 2.75) is 142 Å². The van der Waals surface area contributed by atoms with Gasteiger partial charge >= 0.3 is 0 Å². The Morgan fingerprint density at radius 2 is 0.426 bits per heavy atom. The van der Waals surface area contributed by atoms with E-state index in [2.05, 4.69) is 13.8 Å². The lowest BCUT2D eigenvalue weighted by Crippen LogP contribution is -2.14. The summed E-state index contributed by atoms with van der Waals surface area (Å²) in [6, 6.07) is 0. The molecule has 0 bridgehead atoms. The van der Waals surface area contributed by atoms with Crippen LogP contribution in [-0.4, -0.2) is 116 Å². The highest BCUT2D eigenvalue weighted by Gasteiger charge is 1.96. The first-order valence-electron chi connectivity index (χ1n) is 19.6. The third-order valence-corrected chi connectivity index (χ3v) is 7.62. The van der Waals surface area contributed by atoms with Gasteiger partial charge in [-0.25, -0.2) is 0 Å². The predicted octanol–water partition coefficient (Wildman–Crippen LogP) is 7.92. The predicted molar refractivity (Wildman–Crippen MR) is 194 cm³/mol. The van der Waals surface area contributed by atoms with E-state index < -0.39 is 0 Å². The van der Waals surface area contributed by atoms with Crippen molar-refractivity contribution in [1.29, 1.82) is 0 Å². The van der Waals surface area contributed by atoms with Gasteiger partial charge in [-0.05, 0) is 12.8 Å². The van der Waals surface area contributed by atoms with Gasteiger partial charge in [-0.1, -0.05) is 129 Å². The van der Waals surface area contributed by atoms with E-state index in [1.54, 1.807) is 0 Å². The van der Waals surface area contributed by atoms with E-state index in [0.717, 1.165) is 26.1 Å². The molecule has 0 saturated heterocycles. The summed E-state index contributed by atoms with van der Waals surface area (Å²) in [5.74, 6) is 0. The van der Waals surface area contributed by atoms with E-state index in [-0.39, 0.29) is 13.2 Å². The van der Waals surface area contributed by atoms with Crippen molar-refractivity contribution in [3.05, 3.63) is 0 Å². The van der Waals surface area contributed by atoms with E-state index in [1.165, 1.54) is 116 Å². The molecule has 0 aromatic heterocycles. The lowest BCUT2D eigenvalue weighted by atomic mass is 10.1. The zero-order valence-corrected chi connectivity index (χ0v) is 31.2. The fourth-order valence-electron chi connectivity index (χ4n) is 4.82. The van der Waals surface area contributed by atoms with Crippen LogP contribution in [0.4, 0.5) is 0 Å². The van der Waals surface area contributed by atoms with Crippen molar-refractivity contribution in [2.24, 2.45) is 0 Å². The van der Waals surface area contributed by atoms with Gasteiger partial charge in [0.25, 0.3) is 0 Å². The molecular weight excluding hydrogens is 600 g/mol. The zero-order chi connectivity index (χ0) is 34.4. The average molecular weight is 681 g/mol. The molecule has 0 aliphatic carbocycles. The standard InChI is InChI=1S/C24H50O7.C14H30O2/c1-2-3-4-5-6-7-8-9-10-11-13-26-15-17-28-19-21-30-23-24-31-22-20-29-18-16-27-14-12-25;1-2-3-4-5-6-7-8-9-10-11-13-16-14-12-15/h25H,2-24H2,1H3;15H,2-14H2,1H3. The first-order chi connectivity index (χ1) is 23.3. The molecule has 0 aromatic carbocycles. The minimum absolute atomic E-state index is 0.0430. The normalized spacial score (nSPS) is 11.2. The number of ether oxygens (including phenoxy) is 7. The molecule has 0 atom stereocenters. The van der Waals surface area contributed by atoms with Crippen LogP contribution in [0.1, 0.15) is 142 Å². The van der Waals surface area contributed by atoms with Crippen LogP contribution in [0.25, 0.3) is 0 Å². The van der Waals surface area contributed by atoms with E-state index in [4.69, 9.17) is 43.4 Å². The highest BCUT2D eigenvalue weighted by molar-refractivity contribution is 4.48. The molecule has 0 unspecified atom stereocenters. The second-order valence-corrected chi connectivity index (χ2v) is 12.1. The third kappa shape index (κ3) is 52.6. The second kappa shape index (κ2) is 50.0. The van der Waals surface area contributed by atoms with E-state index in [9.17, 15) is 0 Å². The van der Waals surface area contributed by atoms with Gasteiger partial charge in [-0.3, -0.25) is 0 Å². The molecule has 9 nitrogen and oxygen atoms in total. The molecule has 0 radical (unpaired) electrons. The SMILES string of the molecule is CCCCCCCCCCCCOCCO.CCCCCCCCCCCCOCCOCCOCCOCCOCCOCCO. The summed E-state index contributed by atoms with van der Waals surface area (Å²) < 4.78 is 37.6. The topological polar surface area (TPSA) is 105 Å². The van der Waals surface area contributed by atoms with Crippen LogP contribution in [0.5, 0.6) is 0 Å². The van der Waals surface area contributed by atoms with Gasteiger partial charge in [0.1, 0.15) is 0 Å². The van der Waals surface area contributed by atoms with Crippen molar-refractivity contribution in [1.82, 2.24) is 0 Å². The Hall–Kier alpha value is -0.360. The molecule has 0 spiro atoms. The van der Waals surface area contributed by atoms with Crippen LogP contribution >= 0.6 is 0 Å². The fourth-order valence-corrected chi connectivity index (χ4v) is 4.82. The van der Waals surface area contributed by atoms with Crippen LogP contribution in [0, 0.1) is 0 Å². The fraction of sp³-hybridized carbons (Fsp3) is 1.00. The van der Waals surface area contributed by atoms with Gasteiger partial charge in [-0.2, -0.15) is 0 Å². The molecule has 9 heteroatoms. The molecule has 0 heterocycles. The molecule has 0 rings (SSSR count). The van der Waals surface area contributed by atoms with Gasteiger partial charge in [0.15, 0.2) is 0 Å². The van der Waals surface area contributed by atoms with Crippen molar-refractivity contribution in [3.63, 3.8) is 0 Å². The Kier molecular flexibility index (Phi) is 51.9. The molecular formula is C38H80O9. The smallest absolute Gasteiger partial charge is 0.0701 e. The van der Waals surface area contributed by atoms with Crippen LogP contribution in [-0.2, 0) is 33.2 Å². The van der Waals surface area contributed by atoms with Gasteiger partial charge in [0.2, 0.25) is 0 Å². The molecule has 0 amide bonds. The van der Waals surface area contributed by atoms with E-state index >= 15 is 0 Å². The molecule has 0 aliphatic heterocycles. The largest absolute Gasteiger partial charge is 0.394 e. The van der Waals surface area contributed by atoms with Crippen molar-refractivity contribution < 1.29 is 43.4 Å². The second-order valence-electron chi connectivity index (χ2n) is 12.1. The summed E-state index contributed by atoms with van der Waals surface area (Å²) in [4.78, 5) is 0. The lowest BCUT2D eigenvalue weighted by molar-refractivity contribution is -0.0182. The lowest BCUT2D eigenvalue weighted by Gasteiger charge is -2.08. The minimum atomic E-state index is 0.0430. The maximum absolute atomic E-state index is 8.55. The summed E-state index contributed by atoms with van der Waals surface area (Å²) in [5, 5.41) is 17.1. The molecule has 47 heavy (non-hydrogen) atoms. The van der Waals surface area contributed by atoms with E-state index in [1.807, 2.05) is 0 Å². The number of hydrogen-bond donors (Lipinski definition) is 2. The van der Waals surface area contributed by atoms with Crippen LogP contribution < -0.4 is 0 Å². The number of aliphatic hydroxyl groups excluding tert-OH is 2. The number of aliphatic hydroxyl groups is 2. The maximum atomic E-state index is 8.55. The number of rotatable bonds is 41. The number of hydrogen-bond acceptors (Lipinski definition) is 9. The van der Waals surface area contributed by atoms with Crippen molar-refractivity contribution in [2.75, 3.05) is 106 Å². The molecule has 0 aliphatic rings. The van der Waals surface area contributed by atoms with Crippen molar-refractivity contribution >= 4 is 0 Å². The van der Waals surface area contributed by atoms with Gasteiger partial charge in [-0.15, -0.1) is 0 Å². The third-order valence-electron chi connectivity index (χ3n) is 7.62. The summed E-state index contributed by atoms with van der Waals surface area (Å²) >= 11 is 0. The Morgan fingerprint density at radius 3 is 0.681 bits per heavy atom. The van der Waals surface area contributed by atoms with Gasteiger partial charge in [0.05, 0.1) is 92.5 Å². The van der Waals surface area contributed by atoms with Crippen LogP contribution in [0.2, 0.25) is 0 Å². The van der Waals surface area contributed by atoms with Crippen LogP contribution in [0.3, 0.4) is 0 Å². The monoisotopic (exact) mass is 681 g/mol. The molecule has 286 valence electrons. The summed E-state index contributed by atoms with van der Waals surface area (Å²) in [7, 11) is 0. The summed E-state index contributed by atoms with van der Waals surface area (Å²) in [6.45, 7) is 12.8. The Labute approximate surface area is 291 Å². The Morgan fingerprint density at radius 1 is 0.234 bits per heavy atom. The van der Waals surface area contributed by atoms with Gasteiger partial charge < -0.3 is 43.4 Å². The summed E-state index contributed by atoms with van der Waals surface area (Å²) in [6.07, 6.45) is 27.0. The molecule has 0 saturated carbocycles. The van der Waals surface area contributed by atoms with Crippen LogP contribution in [0.15, 0.2) is 0 Å². The van der Waals surface area contributed by atoms with E-state index in [0.29, 0.717) is 79.3 Å². The highest BCUT2D eigenvalue weighted by atomic mass is 16.6. The quantitative estimate of drug-likeness (QED) is 0.0623. The maximum Gasteiger partial charge on any atom is 0.0701 e. The molecule has 0 aromatic rings. The van der Waals surface area contributed by atoms with Gasteiger partial charge in [0, 0.05) is 13.2 Å². The molecule has 0 fully saturated rings. The zero-order valence-electron chi connectivity index (χ0n) is 31.2. The first-order valence-corrected chi connectivity index (χ1v) is 19.6. The average Bonchev–Trinajstić information content (AvgIpc) is 3.09. The van der Waals surface area contributed by atoms with Crippen molar-refractivity contribution in [3.8, 4) is 0 Å². The minimum Gasteiger partial charge on any atom is -0.394 e. The Balaban J connectivity index is 0. The highest BCUT2D eigenvalue weighted by Crippen LogP contribution is 2.11.